The van der Waals surface area contributed by atoms with Crippen LogP contribution in [0.25, 0.3) is 0 Å². The van der Waals surface area contributed by atoms with E-state index >= 15 is 0 Å². The normalized spacial score (nSPS) is 13.6. The number of carboxylic acid groups (broad SMARTS) is 1. The number of carbonyl (C=O) groups excluding carboxylic acids is 1. The summed E-state index contributed by atoms with van der Waals surface area (Å²) in [4.78, 5) is 25.2. The zero-order valence-electron chi connectivity index (χ0n) is 12.9. The quantitative estimate of drug-likeness (QED) is 0.910. The molecule has 23 heavy (non-hydrogen) atoms. The summed E-state index contributed by atoms with van der Waals surface area (Å²) >= 11 is 0. The van der Waals surface area contributed by atoms with Crippen LogP contribution in [0.3, 0.4) is 0 Å². The summed E-state index contributed by atoms with van der Waals surface area (Å²) in [7, 11) is 2.05. The number of carbonyl (C=O) groups is 2. The molecule has 0 spiro atoms. The number of nitrogens with zero attached hydrogens (tertiary/aromatic N) is 1. The van der Waals surface area contributed by atoms with Gasteiger partial charge in [0.05, 0.1) is 6.42 Å². The molecule has 5 nitrogen and oxygen atoms in total. The molecule has 2 N–H and O–H groups in total. The second-order valence-corrected chi connectivity index (χ2v) is 5.88. The average Bonchev–Trinajstić information content (AvgIpc) is 2.87. The molecule has 0 fully saturated rings. The summed E-state index contributed by atoms with van der Waals surface area (Å²) < 4.78 is 0. The Morgan fingerprint density at radius 2 is 1.78 bits per heavy atom. The molecule has 0 aliphatic carbocycles. The molecule has 0 bridgehead atoms. The van der Waals surface area contributed by atoms with Gasteiger partial charge in [0.1, 0.15) is 0 Å². The van der Waals surface area contributed by atoms with Crippen molar-refractivity contribution in [2.45, 2.75) is 19.5 Å². The summed E-state index contributed by atoms with van der Waals surface area (Å²) in [5.74, 6) is -1.03. The van der Waals surface area contributed by atoms with E-state index in [0.29, 0.717) is 16.8 Å². The van der Waals surface area contributed by atoms with Gasteiger partial charge in [-0.05, 0) is 48.0 Å². The number of aliphatic carboxylic acids is 1. The van der Waals surface area contributed by atoms with Crippen molar-refractivity contribution >= 4 is 17.6 Å². The fraction of sp³-hybridized carbons (Fsp3) is 0.222. The molecule has 0 saturated carbocycles. The number of fused-ring (bicyclic) bond motifs is 1. The number of anilines is 1. The highest BCUT2D eigenvalue weighted by molar-refractivity contribution is 6.04. The Balaban J connectivity index is 1.70. The number of hydrogen-bond donors (Lipinski definition) is 2. The van der Waals surface area contributed by atoms with Crippen LogP contribution >= 0.6 is 0 Å². The van der Waals surface area contributed by atoms with Crippen LogP contribution in [-0.4, -0.2) is 28.9 Å². The topological polar surface area (TPSA) is 69.6 Å². The summed E-state index contributed by atoms with van der Waals surface area (Å²) in [6, 6.07) is 12.6. The van der Waals surface area contributed by atoms with Gasteiger partial charge >= 0.3 is 5.97 Å². The zero-order valence-corrected chi connectivity index (χ0v) is 12.9. The smallest absolute Gasteiger partial charge is 0.307 e. The lowest BCUT2D eigenvalue weighted by molar-refractivity contribution is -0.136. The van der Waals surface area contributed by atoms with Crippen molar-refractivity contribution in [2.24, 2.45) is 0 Å². The minimum absolute atomic E-state index is 0.0213. The minimum atomic E-state index is -0.870. The minimum Gasteiger partial charge on any atom is -0.481 e. The van der Waals surface area contributed by atoms with E-state index in [2.05, 4.69) is 17.3 Å². The van der Waals surface area contributed by atoms with Gasteiger partial charge in [0.2, 0.25) is 0 Å². The summed E-state index contributed by atoms with van der Waals surface area (Å²) in [6.45, 7) is 1.78. The highest BCUT2D eigenvalue weighted by Crippen LogP contribution is 2.23. The van der Waals surface area contributed by atoms with Crippen molar-refractivity contribution in [1.29, 1.82) is 0 Å². The van der Waals surface area contributed by atoms with E-state index in [0.717, 1.165) is 13.1 Å². The Hall–Kier alpha value is -2.66. The van der Waals surface area contributed by atoms with E-state index in [-0.39, 0.29) is 12.3 Å². The van der Waals surface area contributed by atoms with E-state index in [1.165, 1.54) is 11.1 Å². The molecular weight excluding hydrogens is 292 g/mol. The van der Waals surface area contributed by atoms with Gasteiger partial charge in [-0.25, -0.2) is 0 Å². The van der Waals surface area contributed by atoms with Crippen LogP contribution in [-0.2, 0) is 24.3 Å². The number of rotatable bonds is 4. The lowest BCUT2D eigenvalue weighted by Gasteiger charge is -2.07. The predicted molar refractivity (Wildman–Crippen MR) is 87.3 cm³/mol. The number of nitrogens with one attached hydrogen (secondary N) is 1. The SMILES string of the molecule is CN1Cc2ccc(C(=O)Nc3ccc(CC(=O)O)cc3)cc2C1. The van der Waals surface area contributed by atoms with E-state index in [1.807, 2.05) is 18.2 Å². The molecule has 0 unspecified atom stereocenters. The first-order chi connectivity index (χ1) is 11.0. The summed E-state index contributed by atoms with van der Waals surface area (Å²) in [5.41, 5.74) is 4.45. The van der Waals surface area contributed by atoms with Crippen LogP contribution in [0.15, 0.2) is 42.5 Å². The average molecular weight is 310 g/mol. The van der Waals surface area contributed by atoms with Gasteiger partial charge in [0.25, 0.3) is 5.91 Å². The number of benzene rings is 2. The number of carboxylic acids is 1. The number of hydrogen-bond acceptors (Lipinski definition) is 3. The molecule has 1 amide bonds. The van der Waals surface area contributed by atoms with Crippen molar-refractivity contribution < 1.29 is 14.7 Å². The molecule has 0 saturated heterocycles. The van der Waals surface area contributed by atoms with Crippen LogP contribution < -0.4 is 5.32 Å². The van der Waals surface area contributed by atoms with E-state index < -0.39 is 5.97 Å². The van der Waals surface area contributed by atoms with Gasteiger partial charge in [-0.2, -0.15) is 0 Å². The monoisotopic (exact) mass is 310 g/mol. The lowest BCUT2D eigenvalue weighted by atomic mass is 10.1. The van der Waals surface area contributed by atoms with Crippen molar-refractivity contribution in [1.82, 2.24) is 4.90 Å². The highest BCUT2D eigenvalue weighted by atomic mass is 16.4. The number of amides is 1. The Bertz CT molecular complexity index is 753. The largest absolute Gasteiger partial charge is 0.481 e. The van der Waals surface area contributed by atoms with Gasteiger partial charge in [-0.3, -0.25) is 14.5 Å². The Morgan fingerprint density at radius 3 is 2.48 bits per heavy atom. The third-order valence-corrected chi connectivity index (χ3v) is 3.92. The Morgan fingerprint density at radius 1 is 1.09 bits per heavy atom. The summed E-state index contributed by atoms with van der Waals surface area (Å²) in [5, 5.41) is 11.6. The van der Waals surface area contributed by atoms with Gasteiger partial charge in [-0.15, -0.1) is 0 Å². The third-order valence-electron chi connectivity index (χ3n) is 3.92. The molecule has 2 aromatic carbocycles. The predicted octanol–water partition coefficient (Wildman–Crippen LogP) is 2.51. The lowest BCUT2D eigenvalue weighted by Crippen LogP contribution is -2.12. The molecule has 5 heteroatoms. The van der Waals surface area contributed by atoms with Crippen molar-refractivity contribution in [3.05, 3.63) is 64.7 Å². The van der Waals surface area contributed by atoms with Crippen molar-refractivity contribution in [3.63, 3.8) is 0 Å². The van der Waals surface area contributed by atoms with Crippen molar-refractivity contribution in [2.75, 3.05) is 12.4 Å². The summed E-state index contributed by atoms with van der Waals surface area (Å²) in [6.07, 6.45) is -0.0213. The first kappa shape index (κ1) is 15.2. The van der Waals surface area contributed by atoms with Gasteiger partial charge in [-0.1, -0.05) is 18.2 Å². The fourth-order valence-corrected chi connectivity index (χ4v) is 2.79. The van der Waals surface area contributed by atoms with Gasteiger partial charge in [0.15, 0.2) is 0 Å². The van der Waals surface area contributed by atoms with Crippen LogP contribution in [0.4, 0.5) is 5.69 Å². The van der Waals surface area contributed by atoms with Crippen LogP contribution in [0.1, 0.15) is 27.0 Å². The highest BCUT2D eigenvalue weighted by Gasteiger charge is 2.17. The first-order valence-electron chi connectivity index (χ1n) is 7.44. The van der Waals surface area contributed by atoms with E-state index in [1.54, 1.807) is 24.3 Å². The second-order valence-electron chi connectivity index (χ2n) is 5.88. The van der Waals surface area contributed by atoms with E-state index in [9.17, 15) is 9.59 Å². The maximum Gasteiger partial charge on any atom is 0.307 e. The molecule has 3 rings (SSSR count). The maximum atomic E-state index is 12.3. The maximum absolute atomic E-state index is 12.3. The third kappa shape index (κ3) is 3.57. The molecule has 1 aliphatic heterocycles. The standard InChI is InChI=1S/C18H18N2O3/c1-20-10-14-5-4-13(9-15(14)11-20)18(23)19-16-6-2-12(3-7-16)8-17(21)22/h2-7,9H,8,10-11H2,1H3,(H,19,23)(H,21,22). The molecule has 118 valence electrons. The van der Waals surface area contributed by atoms with Crippen LogP contribution in [0.5, 0.6) is 0 Å². The second kappa shape index (κ2) is 6.22. The Labute approximate surface area is 134 Å². The molecule has 0 aromatic heterocycles. The van der Waals surface area contributed by atoms with Gasteiger partial charge < -0.3 is 10.4 Å². The molecule has 2 aromatic rings. The first-order valence-corrected chi connectivity index (χ1v) is 7.44. The zero-order chi connectivity index (χ0) is 16.4. The Kier molecular flexibility index (Phi) is 4.12. The molecule has 0 radical (unpaired) electrons. The molecule has 1 aliphatic rings. The van der Waals surface area contributed by atoms with Crippen molar-refractivity contribution in [3.8, 4) is 0 Å². The van der Waals surface area contributed by atoms with Crippen LogP contribution in [0.2, 0.25) is 0 Å². The molecular formula is C18H18N2O3. The molecule has 1 heterocycles. The van der Waals surface area contributed by atoms with Gasteiger partial charge in [0, 0.05) is 24.3 Å². The van der Waals surface area contributed by atoms with Crippen LogP contribution in [0, 0.1) is 0 Å². The fourth-order valence-electron chi connectivity index (χ4n) is 2.79. The van der Waals surface area contributed by atoms with E-state index in [4.69, 9.17) is 5.11 Å². The molecule has 0 atom stereocenters.